The Morgan fingerprint density at radius 2 is 2.09 bits per heavy atom. The second-order valence-electron chi connectivity index (χ2n) is 9.50. The number of amides is 1. The van der Waals surface area contributed by atoms with Gasteiger partial charge in [0.1, 0.15) is 0 Å². The monoisotopic (exact) mass is 433 g/mol. The van der Waals surface area contributed by atoms with Crippen LogP contribution < -0.4 is 0 Å². The Hall–Kier alpha value is -2.93. The summed E-state index contributed by atoms with van der Waals surface area (Å²) in [6, 6.07) is 8.36. The van der Waals surface area contributed by atoms with E-state index < -0.39 is 5.41 Å². The van der Waals surface area contributed by atoms with Crippen LogP contribution in [-0.4, -0.2) is 50.1 Å². The standard InChI is InChI=1S/C25H31N5O2/c1-19(2)30-23(6-10-27-30)22-16-28(14-21-7-12-32-17-21)18-25(22)8-4-11-29(24(25)31)15-20-5-3-9-26-13-20/h3,5-7,9-10,12-13,17,19,22H,4,8,11,14-16,18H2,1-2H3/t22-,25+/m0/s1. The third-order valence-electron chi connectivity index (χ3n) is 7.01. The van der Waals surface area contributed by atoms with Gasteiger partial charge in [-0.25, -0.2) is 0 Å². The van der Waals surface area contributed by atoms with Gasteiger partial charge < -0.3 is 9.32 Å². The number of rotatable bonds is 6. The third kappa shape index (κ3) is 3.75. The number of piperidine rings is 1. The van der Waals surface area contributed by atoms with Crippen LogP contribution in [0.1, 0.15) is 55.5 Å². The van der Waals surface area contributed by atoms with Gasteiger partial charge in [-0.3, -0.25) is 19.4 Å². The van der Waals surface area contributed by atoms with Gasteiger partial charge in [-0.05, 0) is 50.5 Å². The number of furan rings is 1. The van der Waals surface area contributed by atoms with Crippen molar-refractivity contribution in [3.05, 3.63) is 72.2 Å². The Labute approximate surface area is 189 Å². The van der Waals surface area contributed by atoms with Gasteiger partial charge in [-0.2, -0.15) is 5.10 Å². The summed E-state index contributed by atoms with van der Waals surface area (Å²) in [7, 11) is 0. The smallest absolute Gasteiger partial charge is 0.231 e. The topological polar surface area (TPSA) is 67.4 Å². The van der Waals surface area contributed by atoms with E-state index in [2.05, 4.69) is 39.6 Å². The summed E-state index contributed by atoms with van der Waals surface area (Å²) in [5.74, 6) is 0.382. The van der Waals surface area contributed by atoms with E-state index in [-0.39, 0.29) is 17.9 Å². The Kier molecular flexibility index (Phi) is 5.59. The molecule has 0 aliphatic carbocycles. The van der Waals surface area contributed by atoms with E-state index in [0.29, 0.717) is 6.54 Å². The number of aromatic nitrogens is 3. The van der Waals surface area contributed by atoms with E-state index in [0.717, 1.165) is 50.1 Å². The maximum absolute atomic E-state index is 14.1. The van der Waals surface area contributed by atoms with E-state index >= 15 is 0 Å². The van der Waals surface area contributed by atoms with Crippen LogP contribution in [0.2, 0.25) is 0 Å². The normalized spacial score (nSPS) is 24.2. The van der Waals surface area contributed by atoms with Crippen molar-refractivity contribution in [3.63, 3.8) is 0 Å². The minimum Gasteiger partial charge on any atom is -0.472 e. The molecule has 168 valence electrons. The molecule has 1 amide bonds. The van der Waals surface area contributed by atoms with Crippen LogP contribution in [-0.2, 0) is 17.9 Å². The number of nitrogens with zero attached hydrogens (tertiary/aromatic N) is 5. The highest BCUT2D eigenvalue weighted by Crippen LogP contribution is 2.50. The third-order valence-corrected chi connectivity index (χ3v) is 7.01. The van der Waals surface area contributed by atoms with Gasteiger partial charge >= 0.3 is 0 Å². The molecule has 2 fully saturated rings. The Bertz CT molecular complexity index is 1050. The fraction of sp³-hybridized carbons (Fsp3) is 0.480. The quantitative estimate of drug-likeness (QED) is 0.591. The lowest BCUT2D eigenvalue weighted by molar-refractivity contribution is -0.147. The first-order valence-electron chi connectivity index (χ1n) is 11.5. The van der Waals surface area contributed by atoms with Crippen molar-refractivity contribution in [2.24, 2.45) is 5.41 Å². The Morgan fingerprint density at radius 1 is 1.19 bits per heavy atom. The molecule has 7 heteroatoms. The number of carbonyl (C=O) groups excluding carboxylic acids is 1. The van der Waals surface area contributed by atoms with E-state index in [4.69, 9.17) is 4.42 Å². The minimum absolute atomic E-state index is 0.114. The molecule has 1 spiro atoms. The highest BCUT2D eigenvalue weighted by Gasteiger charge is 2.56. The van der Waals surface area contributed by atoms with Crippen molar-refractivity contribution in [1.82, 2.24) is 24.6 Å². The molecule has 0 N–H and O–H groups in total. The number of hydrogen-bond acceptors (Lipinski definition) is 5. The molecule has 0 bridgehead atoms. The maximum atomic E-state index is 14.1. The fourth-order valence-corrected chi connectivity index (χ4v) is 5.62. The first kappa shape index (κ1) is 20.9. The lowest BCUT2D eigenvalue weighted by atomic mass is 9.70. The summed E-state index contributed by atoms with van der Waals surface area (Å²) < 4.78 is 7.39. The fourth-order valence-electron chi connectivity index (χ4n) is 5.62. The summed E-state index contributed by atoms with van der Waals surface area (Å²) in [5, 5.41) is 4.60. The summed E-state index contributed by atoms with van der Waals surface area (Å²) >= 11 is 0. The van der Waals surface area contributed by atoms with Crippen LogP contribution in [0.4, 0.5) is 0 Å². The molecule has 2 atom stereocenters. The van der Waals surface area contributed by atoms with E-state index in [1.54, 1.807) is 18.7 Å². The average Bonchev–Trinajstić information content (AvgIpc) is 3.53. The second-order valence-corrected chi connectivity index (χ2v) is 9.50. The molecule has 0 unspecified atom stereocenters. The lowest BCUT2D eigenvalue weighted by Crippen LogP contribution is -2.52. The summed E-state index contributed by atoms with van der Waals surface area (Å²) in [6.45, 7) is 8.11. The Morgan fingerprint density at radius 3 is 2.84 bits per heavy atom. The van der Waals surface area contributed by atoms with Crippen molar-refractivity contribution in [3.8, 4) is 0 Å². The van der Waals surface area contributed by atoms with E-state index in [9.17, 15) is 4.79 Å². The number of pyridine rings is 1. The molecule has 5 rings (SSSR count). The number of hydrogen-bond donors (Lipinski definition) is 0. The molecule has 2 saturated heterocycles. The van der Waals surface area contributed by atoms with Crippen LogP contribution in [0.15, 0.2) is 59.8 Å². The molecule has 32 heavy (non-hydrogen) atoms. The SMILES string of the molecule is CC(C)n1nccc1[C@@H]1CN(Cc2ccoc2)C[C@]12CCCN(Cc1cccnc1)C2=O. The molecular formula is C25H31N5O2. The number of carbonyl (C=O) groups is 1. The zero-order chi connectivity index (χ0) is 22.1. The molecule has 5 heterocycles. The molecule has 3 aromatic heterocycles. The predicted molar refractivity (Wildman–Crippen MR) is 121 cm³/mol. The van der Waals surface area contributed by atoms with Gasteiger partial charge in [-0.15, -0.1) is 0 Å². The van der Waals surface area contributed by atoms with Crippen molar-refractivity contribution >= 4 is 5.91 Å². The van der Waals surface area contributed by atoms with Crippen LogP contribution in [0.5, 0.6) is 0 Å². The van der Waals surface area contributed by atoms with Gasteiger partial charge in [-0.1, -0.05) is 6.07 Å². The molecule has 2 aliphatic rings. The lowest BCUT2D eigenvalue weighted by Gasteiger charge is -2.42. The molecule has 2 aliphatic heterocycles. The second kappa shape index (κ2) is 8.54. The summed E-state index contributed by atoms with van der Waals surface area (Å²) in [5.41, 5.74) is 2.96. The first-order valence-corrected chi connectivity index (χ1v) is 11.5. The maximum Gasteiger partial charge on any atom is 0.231 e. The van der Waals surface area contributed by atoms with Crippen LogP contribution >= 0.6 is 0 Å². The van der Waals surface area contributed by atoms with Gasteiger partial charge in [0, 0.05) is 74.5 Å². The molecule has 7 nitrogen and oxygen atoms in total. The van der Waals surface area contributed by atoms with E-state index in [1.165, 1.54) is 5.69 Å². The van der Waals surface area contributed by atoms with Gasteiger partial charge in [0.05, 0.1) is 17.9 Å². The van der Waals surface area contributed by atoms with Crippen LogP contribution in [0.3, 0.4) is 0 Å². The minimum atomic E-state index is -0.434. The highest BCUT2D eigenvalue weighted by atomic mass is 16.3. The highest BCUT2D eigenvalue weighted by molar-refractivity contribution is 5.85. The first-order chi connectivity index (χ1) is 15.6. The van der Waals surface area contributed by atoms with Crippen molar-refractivity contribution in [2.75, 3.05) is 19.6 Å². The predicted octanol–water partition coefficient (Wildman–Crippen LogP) is 3.86. The molecule has 0 radical (unpaired) electrons. The number of likely N-dealkylation sites (tertiary alicyclic amines) is 2. The van der Waals surface area contributed by atoms with Crippen LogP contribution in [0.25, 0.3) is 0 Å². The van der Waals surface area contributed by atoms with Crippen LogP contribution in [0, 0.1) is 5.41 Å². The van der Waals surface area contributed by atoms with Crippen molar-refractivity contribution in [1.29, 1.82) is 0 Å². The molecular weight excluding hydrogens is 402 g/mol. The van der Waals surface area contributed by atoms with Gasteiger partial charge in [0.15, 0.2) is 0 Å². The molecule has 3 aromatic rings. The van der Waals surface area contributed by atoms with E-state index in [1.807, 2.05) is 35.5 Å². The van der Waals surface area contributed by atoms with Gasteiger partial charge in [0.25, 0.3) is 0 Å². The van der Waals surface area contributed by atoms with Crippen molar-refractivity contribution in [2.45, 2.75) is 51.7 Å². The molecule has 0 aromatic carbocycles. The largest absolute Gasteiger partial charge is 0.472 e. The molecule has 0 saturated carbocycles. The summed E-state index contributed by atoms with van der Waals surface area (Å²) in [4.78, 5) is 22.8. The average molecular weight is 434 g/mol. The summed E-state index contributed by atoms with van der Waals surface area (Å²) in [6.07, 6.45) is 11.0. The Balaban J connectivity index is 1.48. The van der Waals surface area contributed by atoms with Gasteiger partial charge in [0.2, 0.25) is 5.91 Å². The van der Waals surface area contributed by atoms with Crippen molar-refractivity contribution < 1.29 is 9.21 Å². The zero-order valence-corrected chi connectivity index (χ0v) is 18.9. The zero-order valence-electron chi connectivity index (χ0n) is 18.9.